The summed E-state index contributed by atoms with van der Waals surface area (Å²) in [7, 11) is 0. The molecule has 112 valence electrons. The Morgan fingerprint density at radius 2 is 1.86 bits per heavy atom. The molecular formula is C14H10IN3O4. The second kappa shape index (κ2) is 6.98. The van der Waals surface area contributed by atoms with Crippen LogP contribution in [-0.4, -0.2) is 16.7 Å². The lowest BCUT2D eigenvalue weighted by Crippen LogP contribution is -2.15. The molecule has 0 unspecified atom stereocenters. The fraction of sp³-hybridized carbons (Fsp3) is 0. The lowest BCUT2D eigenvalue weighted by Gasteiger charge is -2.01. The van der Waals surface area contributed by atoms with Gasteiger partial charge in [0.05, 0.1) is 10.5 Å². The third kappa shape index (κ3) is 4.01. The van der Waals surface area contributed by atoms with E-state index in [1.54, 1.807) is 18.2 Å². The van der Waals surface area contributed by atoms with E-state index in [9.17, 15) is 14.9 Å². The zero-order chi connectivity index (χ0) is 16.1. The van der Waals surface area contributed by atoms with E-state index in [1.807, 2.05) is 6.07 Å². The first-order chi connectivity index (χ1) is 10.5. The van der Waals surface area contributed by atoms with Crippen LogP contribution in [-0.2, 0) is 4.84 Å². The fourth-order valence-corrected chi connectivity index (χ4v) is 2.11. The summed E-state index contributed by atoms with van der Waals surface area (Å²) in [5.74, 6) is -0.683. The highest BCUT2D eigenvalue weighted by atomic mass is 127. The second-order valence-electron chi connectivity index (χ2n) is 4.17. The Morgan fingerprint density at radius 1 is 1.18 bits per heavy atom. The summed E-state index contributed by atoms with van der Waals surface area (Å²) in [6.07, 6.45) is 0. The van der Waals surface area contributed by atoms with Crippen molar-refractivity contribution in [2.75, 3.05) is 0 Å². The number of benzene rings is 2. The molecule has 2 aromatic rings. The quantitative estimate of drug-likeness (QED) is 0.208. The van der Waals surface area contributed by atoms with Crippen LogP contribution < -0.4 is 5.73 Å². The molecule has 0 saturated heterocycles. The van der Waals surface area contributed by atoms with E-state index in [4.69, 9.17) is 10.6 Å². The number of nitro benzene ring substituents is 1. The molecule has 2 rings (SSSR count). The number of carbonyl (C=O) groups excluding carboxylic acids is 1. The third-order valence-electron chi connectivity index (χ3n) is 2.66. The number of oxime groups is 1. The SMILES string of the molecule is N/C(=N\OC(=O)c1cccc(I)c1)c1ccc([N+](=O)[O-])cc1. The largest absolute Gasteiger partial charge is 0.380 e. The van der Waals surface area contributed by atoms with Crippen LogP contribution in [0.3, 0.4) is 0 Å². The van der Waals surface area contributed by atoms with Crippen LogP contribution in [0.15, 0.2) is 53.7 Å². The predicted octanol–water partition coefficient (Wildman–Crippen LogP) is 2.68. The number of amidine groups is 1. The molecule has 0 fully saturated rings. The molecule has 0 amide bonds. The minimum absolute atomic E-state index is 0.0473. The van der Waals surface area contributed by atoms with Crippen LogP contribution >= 0.6 is 22.6 Å². The minimum Gasteiger partial charge on any atom is -0.380 e. The van der Waals surface area contributed by atoms with Crippen molar-refractivity contribution < 1.29 is 14.6 Å². The fourth-order valence-electron chi connectivity index (χ4n) is 1.57. The highest BCUT2D eigenvalue weighted by Gasteiger charge is 2.09. The molecule has 0 spiro atoms. The number of hydrogen-bond acceptors (Lipinski definition) is 5. The Labute approximate surface area is 139 Å². The van der Waals surface area contributed by atoms with Gasteiger partial charge in [-0.2, -0.15) is 0 Å². The average Bonchev–Trinajstić information content (AvgIpc) is 2.52. The van der Waals surface area contributed by atoms with Gasteiger partial charge in [0.25, 0.3) is 5.69 Å². The molecular weight excluding hydrogens is 401 g/mol. The molecule has 22 heavy (non-hydrogen) atoms. The van der Waals surface area contributed by atoms with Crippen molar-refractivity contribution in [3.8, 4) is 0 Å². The minimum atomic E-state index is -0.636. The standard InChI is InChI=1S/C14H10IN3O4/c15-11-3-1-2-10(8-11)14(19)22-17-13(16)9-4-6-12(7-5-9)18(20)21/h1-8H,(H2,16,17). The smallest absolute Gasteiger partial charge is 0.365 e. The topological polar surface area (TPSA) is 108 Å². The van der Waals surface area contributed by atoms with Crippen molar-refractivity contribution >= 4 is 40.1 Å². The van der Waals surface area contributed by atoms with E-state index in [1.165, 1.54) is 24.3 Å². The predicted molar refractivity (Wildman–Crippen MR) is 88.4 cm³/mol. The Balaban J connectivity index is 2.09. The molecule has 2 N–H and O–H groups in total. The van der Waals surface area contributed by atoms with Crippen LogP contribution in [0.5, 0.6) is 0 Å². The van der Waals surface area contributed by atoms with Crippen LogP contribution in [0.2, 0.25) is 0 Å². The maximum absolute atomic E-state index is 11.8. The molecule has 8 heteroatoms. The Morgan fingerprint density at radius 3 is 2.45 bits per heavy atom. The van der Waals surface area contributed by atoms with Gasteiger partial charge in [-0.15, -0.1) is 0 Å². The molecule has 0 bridgehead atoms. The summed E-state index contributed by atoms with van der Waals surface area (Å²) in [5.41, 5.74) is 6.39. The molecule has 0 radical (unpaired) electrons. The van der Waals surface area contributed by atoms with Gasteiger partial charge in [-0.1, -0.05) is 11.2 Å². The van der Waals surface area contributed by atoms with Crippen LogP contribution in [0, 0.1) is 13.7 Å². The lowest BCUT2D eigenvalue weighted by molar-refractivity contribution is -0.384. The maximum Gasteiger partial charge on any atom is 0.365 e. The van der Waals surface area contributed by atoms with Gasteiger partial charge in [0, 0.05) is 21.3 Å². The van der Waals surface area contributed by atoms with E-state index in [0.717, 1.165) is 3.57 Å². The van der Waals surface area contributed by atoms with E-state index < -0.39 is 10.9 Å². The maximum atomic E-state index is 11.8. The number of halogens is 1. The normalized spacial score (nSPS) is 11.0. The summed E-state index contributed by atoms with van der Waals surface area (Å²) < 4.78 is 0.888. The van der Waals surface area contributed by atoms with Crippen molar-refractivity contribution in [2.45, 2.75) is 0 Å². The van der Waals surface area contributed by atoms with Crippen molar-refractivity contribution in [1.82, 2.24) is 0 Å². The summed E-state index contributed by atoms with van der Waals surface area (Å²) in [6, 6.07) is 12.3. The number of non-ortho nitro benzene ring substituents is 1. The number of nitrogens with zero attached hydrogens (tertiary/aromatic N) is 2. The van der Waals surface area contributed by atoms with Gasteiger partial charge in [-0.3, -0.25) is 10.1 Å². The van der Waals surface area contributed by atoms with Gasteiger partial charge >= 0.3 is 5.97 Å². The molecule has 0 atom stereocenters. The van der Waals surface area contributed by atoms with Crippen molar-refractivity contribution in [1.29, 1.82) is 0 Å². The zero-order valence-corrected chi connectivity index (χ0v) is 13.3. The molecule has 7 nitrogen and oxygen atoms in total. The van der Waals surface area contributed by atoms with E-state index in [0.29, 0.717) is 11.1 Å². The van der Waals surface area contributed by atoms with Crippen LogP contribution in [0.4, 0.5) is 5.69 Å². The number of nitro groups is 1. The number of rotatable bonds is 4. The van der Waals surface area contributed by atoms with Crippen LogP contribution in [0.25, 0.3) is 0 Å². The average molecular weight is 411 g/mol. The monoisotopic (exact) mass is 411 g/mol. The van der Waals surface area contributed by atoms with Gasteiger partial charge in [-0.05, 0) is 52.9 Å². The summed E-state index contributed by atoms with van der Waals surface area (Å²) >= 11 is 2.07. The number of carbonyl (C=O) groups is 1. The molecule has 0 saturated carbocycles. The van der Waals surface area contributed by atoms with Gasteiger partial charge in [-0.25, -0.2) is 4.79 Å². The second-order valence-corrected chi connectivity index (χ2v) is 5.42. The molecule has 2 aromatic carbocycles. The molecule has 0 heterocycles. The molecule has 0 aliphatic carbocycles. The highest BCUT2D eigenvalue weighted by Crippen LogP contribution is 2.12. The van der Waals surface area contributed by atoms with Crippen molar-refractivity contribution in [3.63, 3.8) is 0 Å². The van der Waals surface area contributed by atoms with Crippen molar-refractivity contribution in [3.05, 3.63) is 73.3 Å². The first-order valence-electron chi connectivity index (χ1n) is 6.02. The third-order valence-corrected chi connectivity index (χ3v) is 3.33. The molecule has 0 aliphatic rings. The summed E-state index contributed by atoms with van der Waals surface area (Å²) in [4.78, 5) is 26.6. The Bertz CT molecular complexity index is 744. The Hall–Kier alpha value is -2.49. The van der Waals surface area contributed by atoms with Gasteiger partial charge in [0.15, 0.2) is 5.84 Å². The number of hydrogen-bond donors (Lipinski definition) is 1. The van der Waals surface area contributed by atoms with Crippen LogP contribution in [0.1, 0.15) is 15.9 Å². The Kier molecular flexibility index (Phi) is 5.04. The summed E-state index contributed by atoms with van der Waals surface area (Å²) in [6.45, 7) is 0. The van der Waals surface area contributed by atoms with E-state index in [-0.39, 0.29) is 11.5 Å². The summed E-state index contributed by atoms with van der Waals surface area (Å²) in [5, 5.41) is 14.1. The number of nitrogens with two attached hydrogens (primary N) is 1. The zero-order valence-electron chi connectivity index (χ0n) is 11.1. The lowest BCUT2D eigenvalue weighted by atomic mass is 10.2. The van der Waals surface area contributed by atoms with Gasteiger partial charge in [0.1, 0.15) is 0 Å². The highest BCUT2D eigenvalue weighted by molar-refractivity contribution is 14.1. The van der Waals surface area contributed by atoms with Gasteiger partial charge < -0.3 is 10.6 Å². The first-order valence-corrected chi connectivity index (χ1v) is 7.10. The first kappa shape index (κ1) is 15.9. The molecule has 0 aromatic heterocycles. The van der Waals surface area contributed by atoms with E-state index in [2.05, 4.69) is 27.7 Å². The van der Waals surface area contributed by atoms with E-state index >= 15 is 0 Å². The molecule has 0 aliphatic heterocycles. The van der Waals surface area contributed by atoms with Crippen molar-refractivity contribution in [2.24, 2.45) is 10.9 Å². The van der Waals surface area contributed by atoms with Gasteiger partial charge in [0.2, 0.25) is 0 Å².